The fourth-order valence-electron chi connectivity index (χ4n) is 1.50. The van der Waals surface area contributed by atoms with Gasteiger partial charge in [-0.1, -0.05) is 11.6 Å². The molecule has 1 aliphatic rings. The van der Waals surface area contributed by atoms with Crippen LogP contribution in [0.25, 0.3) is 0 Å². The summed E-state index contributed by atoms with van der Waals surface area (Å²) in [5.41, 5.74) is 1.44. The number of hydrogen-bond acceptors (Lipinski definition) is 2. The first kappa shape index (κ1) is 9.30. The first-order valence-corrected chi connectivity index (χ1v) is 4.57. The van der Waals surface area contributed by atoms with Crippen LogP contribution in [0.15, 0.2) is 11.6 Å². The van der Waals surface area contributed by atoms with Crippen molar-refractivity contribution in [3.8, 4) is 0 Å². The molecule has 0 radical (unpaired) electrons. The van der Waals surface area contributed by atoms with Crippen LogP contribution in [0.5, 0.6) is 0 Å². The van der Waals surface area contributed by atoms with Gasteiger partial charge in [-0.2, -0.15) is 0 Å². The molecule has 0 aliphatic heterocycles. The van der Waals surface area contributed by atoms with Gasteiger partial charge in [0.1, 0.15) is 0 Å². The van der Waals surface area contributed by atoms with Crippen molar-refractivity contribution < 1.29 is 9.53 Å². The van der Waals surface area contributed by atoms with Crippen LogP contribution in [-0.2, 0) is 9.53 Å². The SMILES string of the molecule is COC(=O)CCC1=CCCCC1. The van der Waals surface area contributed by atoms with E-state index in [1.165, 1.54) is 38.4 Å². The molecule has 0 spiro atoms. The lowest BCUT2D eigenvalue weighted by molar-refractivity contribution is -0.140. The Morgan fingerprint density at radius 2 is 2.42 bits per heavy atom. The number of hydrogen-bond donors (Lipinski definition) is 0. The molecule has 1 aliphatic carbocycles. The number of carbonyl (C=O) groups excluding carboxylic acids is 1. The second kappa shape index (κ2) is 4.96. The highest BCUT2D eigenvalue weighted by Crippen LogP contribution is 2.21. The highest BCUT2D eigenvalue weighted by Gasteiger charge is 2.06. The van der Waals surface area contributed by atoms with Crippen molar-refractivity contribution in [3.63, 3.8) is 0 Å². The molecule has 0 amide bonds. The van der Waals surface area contributed by atoms with Crippen molar-refractivity contribution in [2.75, 3.05) is 7.11 Å². The van der Waals surface area contributed by atoms with Gasteiger partial charge in [0.15, 0.2) is 0 Å². The van der Waals surface area contributed by atoms with Gasteiger partial charge in [0, 0.05) is 6.42 Å². The van der Waals surface area contributed by atoms with Gasteiger partial charge in [0.25, 0.3) is 0 Å². The van der Waals surface area contributed by atoms with E-state index in [1.807, 2.05) is 0 Å². The summed E-state index contributed by atoms with van der Waals surface area (Å²) < 4.78 is 4.58. The lowest BCUT2D eigenvalue weighted by Gasteiger charge is -2.11. The van der Waals surface area contributed by atoms with Gasteiger partial charge in [0.05, 0.1) is 7.11 Å². The van der Waals surface area contributed by atoms with E-state index in [4.69, 9.17) is 0 Å². The minimum absolute atomic E-state index is 0.0959. The van der Waals surface area contributed by atoms with E-state index in [2.05, 4.69) is 10.8 Å². The number of carbonyl (C=O) groups is 1. The van der Waals surface area contributed by atoms with Crippen molar-refractivity contribution in [2.45, 2.75) is 38.5 Å². The topological polar surface area (TPSA) is 26.3 Å². The summed E-state index contributed by atoms with van der Waals surface area (Å²) in [4.78, 5) is 10.8. The smallest absolute Gasteiger partial charge is 0.305 e. The molecular weight excluding hydrogens is 152 g/mol. The predicted octanol–water partition coefficient (Wildman–Crippen LogP) is 2.44. The highest BCUT2D eigenvalue weighted by molar-refractivity contribution is 5.69. The van der Waals surface area contributed by atoms with E-state index in [0.29, 0.717) is 6.42 Å². The predicted molar refractivity (Wildman–Crippen MR) is 47.8 cm³/mol. The van der Waals surface area contributed by atoms with Crippen LogP contribution < -0.4 is 0 Å². The average Bonchev–Trinajstić information content (AvgIpc) is 2.16. The fourth-order valence-corrected chi connectivity index (χ4v) is 1.50. The zero-order valence-corrected chi connectivity index (χ0v) is 7.64. The van der Waals surface area contributed by atoms with Crippen molar-refractivity contribution in [1.82, 2.24) is 0 Å². The molecule has 0 saturated carbocycles. The van der Waals surface area contributed by atoms with E-state index in [9.17, 15) is 4.79 Å². The molecule has 12 heavy (non-hydrogen) atoms. The lowest BCUT2D eigenvalue weighted by Crippen LogP contribution is -2.01. The Morgan fingerprint density at radius 3 is 3.00 bits per heavy atom. The first-order valence-electron chi connectivity index (χ1n) is 4.57. The summed E-state index contributed by atoms with van der Waals surface area (Å²) in [6.07, 6.45) is 8.67. The third kappa shape index (κ3) is 3.07. The summed E-state index contributed by atoms with van der Waals surface area (Å²) in [6, 6.07) is 0. The summed E-state index contributed by atoms with van der Waals surface area (Å²) in [5.74, 6) is -0.0959. The molecule has 0 saturated heterocycles. The van der Waals surface area contributed by atoms with Crippen LogP contribution in [-0.4, -0.2) is 13.1 Å². The van der Waals surface area contributed by atoms with E-state index < -0.39 is 0 Å². The van der Waals surface area contributed by atoms with E-state index in [0.717, 1.165) is 6.42 Å². The molecule has 0 aromatic rings. The van der Waals surface area contributed by atoms with Gasteiger partial charge >= 0.3 is 5.97 Å². The first-order chi connectivity index (χ1) is 5.83. The van der Waals surface area contributed by atoms with Crippen molar-refractivity contribution >= 4 is 5.97 Å². The zero-order valence-electron chi connectivity index (χ0n) is 7.64. The molecule has 0 unspecified atom stereocenters. The van der Waals surface area contributed by atoms with Crippen molar-refractivity contribution in [2.24, 2.45) is 0 Å². The second-order valence-corrected chi connectivity index (χ2v) is 3.18. The van der Waals surface area contributed by atoms with Gasteiger partial charge in [0.2, 0.25) is 0 Å². The van der Waals surface area contributed by atoms with Gasteiger partial charge < -0.3 is 4.74 Å². The van der Waals surface area contributed by atoms with Gasteiger partial charge in [-0.3, -0.25) is 4.79 Å². The summed E-state index contributed by atoms with van der Waals surface area (Å²) in [7, 11) is 1.44. The monoisotopic (exact) mass is 168 g/mol. The fraction of sp³-hybridized carbons (Fsp3) is 0.700. The molecule has 2 nitrogen and oxygen atoms in total. The summed E-state index contributed by atoms with van der Waals surface area (Å²) >= 11 is 0. The molecule has 0 fully saturated rings. The third-order valence-corrected chi connectivity index (χ3v) is 2.26. The molecule has 0 heterocycles. The Labute approximate surface area is 73.6 Å². The van der Waals surface area contributed by atoms with Crippen LogP contribution in [0.2, 0.25) is 0 Å². The molecule has 0 N–H and O–H groups in total. The van der Waals surface area contributed by atoms with Crippen molar-refractivity contribution in [3.05, 3.63) is 11.6 Å². The number of ether oxygens (including phenoxy) is 1. The Kier molecular flexibility index (Phi) is 3.85. The molecule has 68 valence electrons. The lowest BCUT2D eigenvalue weighted by atomic mass is 9.96. The maximum absolute atomic E-state index is 10.8. The summed E-state index contributed by atoms with van der Waals surface area (Å²) in [6.45, 7) is 0. The average molecular weight is 168 g/mol. The molecule has 2 heteroatoms. The Balaban J connectivity index is 2.21. The summed E-state index contributed by atoms with van der Waals surface area (Å²) in [5, 5.41) is 0. The molecular formula is C10H16O2. The Bertz CT molecular complexity index is 182. The maximum atomic E-state index is 10.8. The van der Waals surface area contributed by atoms with Crippen LogP contribution in [0.1, 0.15) is 38.5 Å². The maximum Gasteiger partial charge on any atom is 0.305 e. The third-order valence-electron chi connectivity index (χ3n) is 2.26. The normalized spacial score (nSPS) is 16.9. The van der Waals surface area contributed by atoms with Crippen LogP contribution in [0, 0.1) is 0 Å². The van der Waals surface area contributed by atoms with Gasteiger partial charge in [-0.05, 0) is 32.1 Å². The number of esters is 1. The molecule has 0 bridgehead atoms. The van der Waals surface area contributed by atoms with E-state index in [-0.39, 0.29) is 5.97 Å². The van der Waals surface area contributed by atoms with Gasteiger partial charge in [-0.25, -0.2) is 0 Å². The number of allylic oxidation sites excluding steroid dienone is 2. The number of rotatable bonds is 3. The Hall–Kier alpha value is -0.790. The van der Waals surface area contributed by atoms with Crippen LogP contribution >= 0.6 is 0 Å². The minimum atomic E-state index is -0.0959. The standard InChI is InChI=1S/C10H16O2/c1-12-10(11)8-7-9-5-3-2-4-6-9/h5H,2-4,6-8H2,1H3. The van der Waals surface area contributed by atoms with Crippen molar-refractivity contribution in [1.29, 1.82) is 0 Å². The molecule has 0 aromatic heterocycles. The molecule has 0 aromatic carbocycles. The highest BCUT2D eigenvalue weighted by atomic mass is 16.5. The zero-order chi connectivity index (χ0) is 8.81. The van der Waals surface area contributed by atoms with Crippen LogP contribution in [0.4, 0.5) is 0 Å². The van der Waals surface area contributed by atoms with Gasteiger partial charge in [-0.15, -0.1) is 0 Å². The molecule has 1 rings (SSSR count). The second-order valence-electron chi connectivity index (χ2n) is 3.18. The Morgan fingerprint density at radius 1 is 1.58 bits per heavy atom. The van der Waals surface area contributed by atoms with Crippen LogP contribution in [0.3, 0.4) is 0 Å². The number of methoxy groups -OCH3 is 1. The quantitative estimate of drug-likeness (QED) is 0.478. The van der Waals surface area contributed by atoms with E-state index in [1.54, 1.807) is 0 Å². The van der Waals surface area contributed by atoms with E-state index >= 15 is 0 Å². The minimum Gasteiger partial charge on any atom is -0.469 e. The largest absolute Gasteiger partial charge is 0.469 e. The molecule has 0 atom stereocenters.